The van der Waals surface area contributed by atoms with Crippen molar-refractivity contribution in [2.75, 3.05) is 37.8 Å². The van der Waals surface area contributed by atoms with Crippen molar-refractivity contribution in [3.8, 4) is 0 Å². The van der Waals surface area contributed by atoms with Gasteiger partial charge in [-0.2, -0.15) is 4.31 Å². The van der Waals surface area contributed by atoms with Gasteiger partial charge in [0.25, 0.3) is 0 Å². The van der Waals surface area contributed by atoms with Gasteiger partial charge in [-0.15, -0.1) is 0 Å². The molecule has 3 rings (SSSR count). The molecular formula is C33H56N7O19P3S. The Labute approximate surface area is 365 Å². The summed E-state index contributed by atoms with van der Waals surface area (Å²) < 4.78 is 62.2. The first-order valence-corrected chi connectivity index (χ1v) is 25.2. The van der Waals surface area contributed by atoms with Crippen LogP contribution < -0.4 is 16.4 Å². The van der Waals surface area contributed by atoms with Gasteiger partial charge in [-0.1, -0.05) is 64.1 Å². The SMILES string of the molecule is CC(C)(COP(=O)(O)OP(=O)(O)OC[C@@H]1O[C@@H](n2cnc3c(N)ncnc32)[C@H](O)[C@@H]1OP(=O)(O)O)[C@H](O)C(=O)NCCC(=O)NCCSC(=O)CCCCCCCCCCC(=O)O. The van der Waals surface area contributed by atoms with Crippen LogP contribution in [0.1, 0.15) is 90.7 Å². The van der Waals surface area contributed by atoms with E-state index in [9.17, 15) is 62.7 Å². The molecule has 0 aromatic carbocycles. The number of rotatable bonds is 30. The number of phosphoric acid groups is 3. The highest BCUT2D eigenvalue weighted by molar-refractivity contribution is 8.13. The Morgan fingerprint density at radius 3 is 2.16 bits per heavy atom. The topological polar surface area (TPSA) is 401 Å². The molecule has 2 unspecified atom stereocenters. The average Bonchev–Trinajstić information content (AvgIpc) is 3.75. The Hall–Kier alpha value is -2.97. The first-order valence-electron chi connectivity index (χ1n) is 19.7. The lowest BCUT2D eigenvalue weighted by atomic mass is 9.87. The van der Waals surface area contributed by atoms with Crippen molar-refractivity contribution < 1.29 is 90.4 Å². The number of aliphatic hydroxyl groups is 2. The van der Waals surface area contributed by atoms with Crippen LogP contribution in [0.25, 0.3) is 11.2 Å². The third-order valence-corrected chi connectivity index (χ3v) is 13.3. The number of carbonyl (C=O) groups excluding carboxylic acids is 3. The third kappa shape index (κ3) is 19.2. The van der Waals surface area contributed by atoms with Gasteiger partial charge >= 0.3 is 29.4 Å². The fraction of sp³-hybridized carbons (Fsp3) is 0.727. The Morgan fingerprint density at radius 2 is 1.52 bits per heavy atom. The monoisotopic (exact) mass is 979 g/mol. The van der Waals surface area contributed by atoms with E-state index in [0.29, 0.717) is 18.6 Å². The summed E-state index contributed by atoms with van der Waals surface area (Å²) in [5.41, 5.74) is 4.25. The zero-order valence-corrected chi connectivity index (χ0v) is 38.0. The smallest absolute Gasteiger partial charge is 0.481 e. The number of imidazole rings is 1. The number of nitrogens with zero attached hydrogens (tertiary/aromatic N) is 4. The van der Waals surface area contributed by atoms with Crippen molar-refractivity contribution in [2.24, 2.45) is 5.41 Å². The molecule has 7 atom stereocenters. The quantitative estimate of drug-likeness (QED) is 0.0393. The van der Waals surface area contributed by atoms with Gasteiger partial charge in [-0.25, -0.2) is 28.6 Å². The minimum atomic E-state index is -5.58. The van der Waals surface area contributed by atoms with E-state index in [1.54, 1.807) is 0 Å². The Kier molecular flexibility index (Phi) is 21.6. The highest BCUT2D eigenvalue weighted by Crippen LogP contribution is 2.61. The van der Waals surface area contributed by atoms with Crippen LogP contribution in [0.2, 0.25) is 0 Å². The summed E-state index contributed by atoms with van der Waals surface area (Å²) in [6, 6.07) is 0. The lowest BCUT2D eigenvalue weighted by Gasteiger charge is -2.30. The van der Waals surface area contributed by atoms with Gasteiger partial charge in [-0.3, -0.25) is 37.3 Å². The number of carboxylic acids is 1. The first kappa shape index (κ1) is 54.4. The van der Waals surface area contributed by atoms with Gasteiger partial charge in [0, 0.05) is 43.5 Å². The van der Waals surface area contributed by atoms with Crippen LogP contribution in [0.3, 0.4) is 0 Å². The Bertz CT molecular complexity index is 1990. The van der Waals surface area contributed by atoms with E-state index in [1.165, 1.54) is 13.8 Å². The normalized spacial score (nSPS) is 20.5. The highest BCUT2D eigenvalue weighted by Gasteiger charge is 2.50. The second-order valence-electron chi connectivity index (χ2n) is 15.0. The number of aromatic nitrogens is 4. The van der Waals surface area contributed by atoms with Gasteiger partial charge in [0.05, 0.1) is 19.5 Å². The number of aliphatic hydroxyl groups excluding tert-OH is 2. The van der Waals surface area contributed by atoms with Gasteiger partial charge in [0.2, 0.25) is 11.8 Å². The molecular weight excluding hydrogens is 923 g/mol. The molecule has 2 aromatic heterocycles. The lowest BCUT2D eigenvalue weighted by Crippen LogP contribution is -2.46. The van der Waals surface area contributed by atoms with E-state index in [-0.39, 0.29) is 48.0 Å². The van der Waals surface area contributed by atoms with Crippen LogP contribution >= 0.6 is 35.2 Å². The van der Waals surface area contributed by atoms with Crippen LogP contribution in [0, 0.1) is 5.41 Å². The molecule has 2 amide bonds. The van der Waals surface area contributed by atoms with E-state index in [4.69, 9.17) is 24.6 Å². The van der Waals surface area contributed by atoms with Gasteiger partial charge in [0.1, 0.15) is 36.3 Å². The van der Waals surface area contributed by atoms with Crippen molar-refractivity contribution in [1.29, 1.82) is 0 Å². The van der Waals surface area contributed by atoms with Gasteiger partial charge in [0.15, 0.2) is 22.8 Å². The zero-order chi connectivity index (χ0) is 47.0. The van der Waals surface area contributed by atoms with E-state index in [2.05, 4.69) is 34.4 Å². The average molecular weight is 980 g/mol. The molecule has 1 aliphatic heterocycles. The number of carboxylic acid groups (broad SMARTS) is 1. The van der Waals surface area contributed by atoms with Crippen molar-refractivity contribution in [2.45, 2.75) is 115 Å². The number of carbonyl (C=O) groups is 4. The standard InChI is InChI=1S/C33H56N7O19P3S/c1-33(2,28(46)31(47)36-14-13-22(41)35-15-16-63-24(44)12-10-8-6-4-3-5-7-9-11-23(42)43)18-56-62(53,54)59-61(51,52)55-17-21-27(58-60(48,49)50)26(45)32(57-21)40-20-39-25-29(34)37-19-38-30(25)40/h19-21,26-28,32,45-46H,3-18H2,1-2H3,(H,35,41)(H,36,47)(H,42,43)(H,51,52)(H,53,54)(H2,34,37,38)(H2,48,49,50)/t21-,26+,27+,28+,32+/m0/s1. The molecule has 0 spiro atoms. The van der Waals surface area contributed by atoms with Gasteiger partial charge in [-0.05, 0) is 12.8 Å². The van der Waals surface area contributed by atoms with Crippen LogP contribution in [0.4, 0.5) is 5.82 Å². The Morgan fingerprint density at radius 1 is 0.905 bits per heavy atom. The number of anilines is 1. The summed E-state index contributed by atoms with van der Waals surface area (Å²) in [6.45, 7) is 0.460. The second-order valence-corrected chi connectivity index (χ2v) is 20.4. The maximum atomic E-state index is 12.7. The molecule has 358 valence electrons. The van der Waals surface area contributed by atoms with Crippen molar-refractivity contribution in [1.82, 2.24) is 30.2 Å². The number of ether oxygens (including phenoxy) is 1. The molecule has 1 fully saturated rings. The number of unbranched alkanes of at least 4 members (excludes halogenated alkanes) is 7. The summed E-state index contributed by atoms with van der Waals surface area (Å²) in [4.78, 5) is 98.5. The molecule has 1 aliphatic rings. The number of amides is 2. The molecule has 30 heteroatoms. The molecule has 0 aliphatic carbocycles. The third-order valence-electron chi connectivity index (χ3n) is 9.29. The summed E-state index contributed by atoms with van der Waals surface area (Å²) in [5.74, 6) is -1.90. The molecule has 2 aromatic rings. The largest absolute Gasteiger partial charge is 0.481 e. The number of aliphatic carboxylic acids is 1. The number of phosphoric ester groups is 3. The van der Waals surface area contributed by atoms with E-state index in [0.717, 1.165) is 73.9 Å². The highest BCUT2D eigenvalue weighted by atomic mass is 32.2. The molecule has 3 heterocycles. The summed E-state index contributed by atoms with van der Waals surface area (Å²) >= 11 is 1.10. The molecule has 63 heavy (non-hydrogen) atoms. The number of hydrogen-bond donors (Lipinski definition) is 10. The van der Waals surface area contributed by atoms with Crippen molar-refractivity contribution in [3.63, 3.8) is 0 Å². The fourth-order valence-corrected chi connectivity index (χ4v) is 9.52. The fourth-order valence-electron chi connectivity index (χ4n) is 5.97. The molecule has 0 bridgehead atoms. The summed E-state index contributed by atoms with van der Waals surface area (Å²) in [5, 5.41) is 35.1. The number of nitrogens with two attached hydrogens (primary N) is 1. The second kappa shape index (κ2) is 25.1. The van der Waals surface area contributed by atoms with Crippen LogP contribution in [-0.2, 0) is 55.5 Å². The molecule has 11 N–H and O–H groups in total. The predicted molar refractivity (Wildman–Crippen MR) is 221 cm³/mol. The molecule has 0 saturated carbocycles. The van der Waals surface area contributed by atoms with Crippen LogP contribution in [0.15, 0.2) is 12.7 Å². The van der Waals surface area contributed by atoms with Crippen molar-refractivity contribution >= 4 is 75.1 Å². The molecule has 1 saturated heterocycles. The minimum absolute atomic E-state index is 0.00912. The summed E-state index contributed by atoms with van der Waals surface area (Å²) in [7, 11) is -16.4. The number of nitrogens with one attached hydrogen (secondary N) is 2. The minimum Gasteiger partial charge on any atom is -0.481 e. The molecule has 0 radical (unpaired) electrons. The number of fused-ring (bicyclic) bond motifs is 1. The number of hydrogen-bond acceptors (Lipinski definition) is 19. The maximum Gasteiger partial charge on any atom is 0.481 e. The van der Waals surface area contributed by atoms with Gasteiger partial charge < -0.3 is 56.0 Å². The van der Waals surface area contributed by atoms with E-state index in [1.807, 2.05) is 0 Å². The van der Waals surface area contributed by atoms with E-state index < -0.39 is 90.5 Å². The van der Waals surface area contributed by atoms with Crippen molar-refractivity contribution in [3.05, 3.63) is 12.7 Å². The lowest BCUT2D eigenvalue weighted by molar-refractivity contribution is -0.137. The maximum absolute atomic E-state index is 12.7. The predicted octanol–water partition coefficient (Wildman–Crippen LogP) is 1.65. The molecule has 26 nitrogen and oxygen atoms in total. The van der Waals surface area contributed by atoms with Crippen LogP contribution in [0.5, 0.6) is 0 Å². The zero-order valence-electron chi connectivity index (χ0n) is 34.5. The number of thioether (sulfide) groups is 1. The van der Waals surface area contributed by atoms with Crippen LogP contribution in [-0.4, -0.2) is 134 Å². The Balaban J connectivity index is 1.36. The van der Waals surface area contributed by atoms with E-state index >= 15 is 0 Å². The number of nitrogen functional groups attached to an aromatic ring is 1. The first-order chi connectivity index (χ1) is 29.4. The summed E-state index contributed by atoms with van der Waals surface area (Å²) in [6.07, 6.45) is 0.961.